The number of hydrogen-bond donors (Lipinski definition) is 3. The molecule has 0 aliphatic rings. The number of amidine groups is 1. The second-order valence-electron chi connectivity index (χ2n) is 3.59. The van der Waals surface area contributed by atoms with Gasteiger partial charge in [-0.15, -0.1) is 0 Å². The molecule has 1 aromatic carbocycles. The van der Waals surface area contributed by atoms with Crippen molar-refractivity contribution in [3.63, 3.8) is 0 Å². The molecular formula is C12H19N5O2. The summed E-state index contributed by atoms with van der Waals surface area (Å²) in [6, 6.07) is 9.23. The van der Waals surface area contributed by atoms with Crippen LogP contribution in [0.5, 0.6) is 0 Å². The topological polar surface area (TPSA) is 117 Å². The average Bonchev–Trinajstić information content (AvgIpc) is 2.40. The summed E-state index contributed by atoms with van der Waals surface area (Å²) in [5.74, 6) is 0.121. The maximum Gasteiger partial charge on any atom is 0.142 e. The molecule has 19 heavy (non-hydrogen) atoms. The SMILES string of the molecule is CCCCC=NN[N+](=O)[O-].N=C(N)c1ccccc1. The van der Waals surface area contributed by atoms with E-state index in [1.54, 1.807) is 5.53 Å². The maximum absolute atomic E-state index is 9.61. The Hall–Kier alpha value is -2.44. The summed E-state index contributed by atoms with van der Waals surface area (Å²) in [4.78, 5) is 9.61. The van der Waals surface area contributed by atoms with Gasteiger partial charge in [-0.25, -0.2) is 0 Å². The van der Waals surface area contributed by atoms with Crippen LogP contribution in [0.4, 0.5) is 0 Å². The third-order valence-electron chi connectivity index (χ3n) is 2.00. The number of nitrogens with two attached hydrogens (primary N) is 1. The molecule has 7 heteroatoms. The summed E-state index contributed by atoms with van der Waals surface area (Å²) in [7, 11) is 0. The number of hydrazone groups is 1. The molecule has 0 amide bonds. The average molecular weight is 265 g/mol. The fraction of sp³-hybridized carbons (Fsp3) is 0.333. The van der Waals surface area contributed by atoms with E-state index in [-0.39, 0.29) is 5.84 Å². The Labute approximate surface area is 112 Å². The van der Waals surface area contributed by atoms with Crippen molar-refractivity contribution in [2.24, 2.45) is 10.8 Å². The normalized spacial score (nSPS) is 9.53. The highest BCUT2D eigenvalue weighted by Gasteiger charge is 1.89. The lowest BCUT2D eigenvalue weighted by Gasteiger charge is -1.93. The molecule has 1 rings (SSSR count). The first-order valence-electron chi connectivity index (χ1n) is 5.89. The van der Waals surface area contributed by atoms with Gasteiger partial charge in [0.05, 0.1) is 5.03 Å². The molecule has 0 heterocycles. The van der Waals surface area contributed by atoms with E-state index in [1.807, 2.05) is 30.3 Å². The third-order valence-corrected chi connectivity index (χ3v) is 2.00. The number of hydrazine groups is 1. The molecule has 0 fully saturated rings. The lowest BCUT2D eigenvalue weighted by Crippen LogP contribution is -2.13. The zero-order valence-electron chi connectivity index (χ0n) is 10.9. The van der Waals surface area contributed by atoms with Gasteiger partial charge in [0, 0.05) is 17.1 Å². The van der Waals surface area contributed by atoms with Crippen molar-refractivity contribution in [1.29, 1.82) is 5.41 Å². The number of nitrogens with one attached hydrogen (secondary N) is 2. The van der Waals surface area contributed by atoms with Crippen LogP contribution in [0.25, 0.3) is 0 Å². The molecule has 0 atom stereocenters. The van der Waals surface area contributed by atoms with Crippen LogP contribution in [0.1, 0.15) is 31.7 Å². The van der Waals surface area contributed by atoms with Gasteiger partial charge in [0.25, 0.3) is 0 Å². The van der Waals surface area contributed by atoms with Gasteiger partial charge in [-0.1, -0.05) is 43.7 Å². The largest absolute Gasteiger partial charge is 0.384 e. The quantitative estimate of drug-likeness (QED) is 0.239. The zero-order valence-corrected chi connectivity index (χ0v) is 10.9. The lowest BCUT2D eigenvalue weighted by molar-refractivity contribution is -0.544. The molecule has 104 valence electrons. The van der Waals surface area contributed by atoms with Gasteiger partial charge in [0.15, 0.2) is 0 Å². The molecule has 0 aliphatic carbocycles. The maximum atomic E-state index is 9.61. The molecule has 0 saturated carbocycles. The highest BCUT2D eigenvalue weighted by atomic mass is 16.7. The Morgan fingerprint density at radius 2 is 2.16 bits per heavy atom. The van der Waals surface area contributed by atoms with Crippen LogP contribution in [-0.2, 0) is 0 Å². The first kappa shape index (κ1) is 16.6. The van der Waals surface area contributed by atoms with Crippen molar-refractivity contribution in [3.8, 4) is 0 Å². The predicted molar refractivity (Wildman–Crippen MR) is 75.6 cm³/mol. The van der Waals surface area contributed by atoms with E-state index in [4.69, 9.17) is 11.1 Å². The van der Waals surface area contributed by atoms with Crippen molar-refractivity contribution >= 4 is 12.1 Å². The molecule has 0 radical (unpaired) electrons. The first-order valence-corrected chi connectivity index (χ1v) is 5.89. The molecule has 0 saturated heterocycles. The summed E-state index contributed by atoms with van der Waals surface area (Å²) in [5, 5.41) is 19.3. The number of nitrogen functional groups attached to an aromatic ring is 1. The fourth-order valence-corrected chi connectivity index (χ4v) is 1.07. The molecule has 1 aromatic rings. The molecule has 0 aliphatic heterocycles. The standard InChI is InChI=1S/C7H8N2.C5H11N3O2/c8-7(9)6-4-2-1-3-5-6;1-2-3-4-5-6-7-8(9)10/h1-5H,(H3,8,9);5,7H,2-4H2,1H3. The van der Waals surface area contributed by atoms with E-state index in [0.717, 1.165) is 24.8 Å². The highest BCUT2D eigenvalue weighted by Crippen LogP contribution is 1.94. The van der Waals surface area contributed by atoms with Crippen LogP contribution in [0, 0.1) is 15.5 Å². The molecule has 0 spiro atoms. The molecule has 0 unspecified atom stereocenters. The van der Waals surface area contributed by atoms with E-state index < -0.39 is 5.03 Å². The van der Waals surface area contributed by atoms with Gasteiger partial charge in [0.1, 0.15) is 12.1 Å². The van der Waals surface area contributed by atoms with Crippen molar-refractivity contribution in [2.45, 2.75) is 26.2 Å². The van der Waals surface area contributed by atoms with Crippen LogP contribution in [0.2, 0.25) is 0 Å². The van der Waals surface area contributed by atoms with Crippen molar-refractivity contribution in [3.05, 3.63) is 46.0 Å². The minimum absolute atomic E-state index is 0.121. The minimum atomic E-state index is -0.692. The van der Waals surface area contributed by atoms with Crippen LogP contribution in [0.15, 0.2) is 35.4 Å². The van der Waals surface area contributed by atoms with Crippen molar-refractivity contribution in [2.75, 3.05) is 0 Å². The minimum Gasteiger partial charge on any atom is -0.384 e. The highest BCUT2D eigenvalue weighted by molar-refractivity contribution is 5.94. The Bertz CT molecular complexity index is 406. The van der Waals surface area contributed by atoms with Crippen LogP contribution in [-0.4, -0.2) is 17.1 Å². The fourth-order valence-electron chi connectivity index (χ4n) is 1.07. The van der Waals surface area contributed by atoms with E-state index in [2.05, 4.69) is 12.0 Å². The van der Waals surface area contributed by atoms with Crippen LogP contribution >= 0.6 is 0 Å². The smallest absolute Gasteiger partial charge is 0.142 e. The predicted octanol–water partition coefficient (Wildman–Crippen LogP) is 1.91. The van der Waals surface area contributed by atoms with Crippen LogP contribution < -0.4 is 11.3 Å². The Kier molecular flexibility index (Phi) is 9.32. The van der Waals surface area contributed by atoms with Gasteiger partial charge in [-0.3, -0.25) is 5.41 Å². The monoisotopic (exact) mass is 265 g/mol. The molecule has 7 nitrogen and oxygen atoms in total. The van der Waals surface area contributed by atoms with E-state index in [1.165, 1.54) is 6.21 Å². The van der Waals surface area contributed by atoms with E-state index >= 15 is 0 Å². The Morgan fingerprint density at radius 1 is 1.53 bits per heavy atom. The van der Waals surface area contributed by atoms with Crippen LogP contribution in [0.3, 0.4) is 0 Å². The second-order valence-corrected chi connectivity index (χ2v) is 3.59. The summed E-state index contributed by atoms with van der Waals surface area (Å²) >= 11 is 0. The Balaban J connectivity index is 0.000000342. The van der Waals surface area contributed by atoms with Gasteiger partial charge in [0.2, 0.25) is 0 Å². The van der Waals surface area contributed by atoms with E-state index in [0.29, 0.717) is 0 Å². The third kappa shape index (κ3) is 10.4. The second kappa shape index (κ2) is 10.7. The van der Waals surface area contributed by atoms with Gasteiger partial charge in [-0.05, 0) is 12.0 Å². The van der Waals surface area contributed by atoms with Crippen molar-refractivity contribution < 1.29 is 5.03 Å². The van der Waals surface area contributed by atoms with Gasteiger partial charge in [-0.2, -0.15) is 0 Å². The van der Waals surface area contributed by atoms with Crippen molar-refractivity contribution in [1.82, 2.24) is 5.53 Å². The number of hydrogen-bond acceptors (Lipinski definition) is 4. The molecule has 4 N–H and O–H groups in total. The number of benzene rings is 1. The summed E-state index contributed by atoms with van der Waals surface area (Å²) < 4.78 is 0. The first-order chi connectivity index (χ1) is 9.07. The molecular weight excluding hydrogens is 246 g/mol. The number of nitrogens with zero attached hydrogens (tertiary/aromatic N) is 2. The number of rotatable bonds is 6. The summed E-state index contributed by atoms with van der Waals surface area (Å²) in [5.41, 5.74) is 7.67. The molecule has 0 aromatic heterocycles. The lowest BCUT2D eigenvalue weighted by atomic mass is 10.2. The summed E-state index contributed by atoms with van der Waals surface area (Å²) in [6.45, 7) is 2.05. The van der Waals surface area contributed by atoms with Gasteiger partial charge < -0.3 is 15.8 Å². The zero-order chi connectivity index (χ0) is 14.5. The summed E-state index contributed by atoms with van der Waals surface area (Å²) in [6.07, 6.45) is 4.39. The number of unbranched alkanes of at least 4 members (excludes halogenated alkanes) is 2. The number of nitro groups is 1. The van der Waals surface area contributed by atoms with Gasteiger partial charge >= 0.3 is 0 Å². The Morgan fingerprint density at radius 3 is 2.58 bits per heavy atom. The van der Waals surface area contributed by atoms with E-state index in [9.17, 15) is 10.1 Å². The molecule has 0 bridgehead atoms.